The van der Waals surface area contributed by atoms with Crippen molar-refractivity contribution in [2.45, 2.75) is 0 Å². The summed E-state index contributed by atoms with van der Waals surface area (Å²) in [6.45, 7) is 0. The van der Waals surface area contributed by atoms with E-state index in [0.29, 0.717) is 0 Å². The van der Waals surface area contributed by atoms with Crippen LogP contribution in [0.3, 0.4) is 0 Å². The lowest BCUT2D eigenvalue weighted by Gasteiger charge is -2.29. The number of rotatable bonds is 7. The molecule has 11 aromatic rings. The van der Waals surface area contributed by atoms with E-state index in [4.69, 9.17) is 4.42 Å². The van der Waals surface area contributed by atoms with Crippen LogP contribution < -0.4 is 4.90 Å². The van der Waals surface area contributed by atoms with Crippen LogP contribution in [0.5, 0.6) is 0 Å². The largest absolute Gasteiger partial charge is 0.456 e. The number of fused-ring (bicyclic) bond motifs is 6. The van der Waals surface area contributed by atoms with Crippen molar-refractivity contribution in [3.05, 3.63) is 218 Å². The topological polar surface area (TPSA) is 21.3 Å². The summed E-state index contributed by atoms with van der Waals surface area (Å²) in [5.74, 6) is 0. The highest BCUT2D eigenvalue weighted by Crippen LogP contribution is 2.49. The molecule has 11 rings (SSSR count). The molecule has 0 saturated heterocycles. The summed E-state index contributed by atoms with van der Waals surface area (Å²) in [6, 6.07) is 78.2. The smallest absolute Gasteiger partial charge is 0.135 e. The molecular formula is C54H36N2O. The molecule has 0 amide bonds. The fourth-order valence-corrected chi connectivity index (χ4v) is 8.70. The van der Waals surface area contributed by atoms with E-state index in [0.717, 1.165) is 66.8 Å². The average Bonchev–Trinajstić information content (AvgIpc) is 3.83. The fourth-order valence-electron chi connectivity index (χ4n) is 8.70. The van der Waals surface area contributed by atoms with Crippen LogP contribution in [0.1, 0.15) is 0 Å². The van der Waals surface area contributed by atoms with Crippen LogP contribution in [-0.2, 0) is 0 Å². The van der Waals surface area contributed by atoms with Gasteiger partial charge in [0.25, 0.3) is 0 Å². The highest BCUT2D eigenvalue weighted by Gasteiger charge is 2.25. The minimum absolute atomic E-state index is 0.872. The van der Waals surface area contributed by atoms with Crippen molar-refractivity contribution in [2.24, 2.45) is 0 Å². The molecule has 3 nitrogen and oxygen atoms in total. The molecule has 0 radical (unpaired) electrons. The van der Waals surface area contributed by atoms with Gasteiger partial charge in [0, 0.05) is 43.9 Å². The van der Waals surface area contributed by atoms with E-state index in [-0.39, 0.29) is 0 Å². The highest BCUT2D eigenvalue weighted by atomic mass is 16.3. The third kappa shape index (κ3) is 5.43. The second-order valence-electron chi connectivity index (χ2n) is 14.5. The summed E-state index contributed by atoms with van der Waals surface area (Å²) in [7, 11) is 0. The molecular weight excluding hydrogens is 693 g/mol. The van der Waals surface area contributed by atoms with Gasteiger partial charge in [-0.2, -0.15) is 0 Å². The first-order valence-electron chi connectivity index (χ1n) is 19.4. The van der Waals surface area contributed by atoms with Gasteiger partial charge in [0.1, 0.15) is 11.2 Å². The van der Waals surface area contributed by atoms with Crippen LogP contribution in [0.4, 0.5) is 17.1 Å². The molecule has 0 unspecified atom stereocenters. The predicted molar refractivity (Wildman–Crippen MR) is 239 cm³/mol. The van der Waals surface area contributed by atoms with Crippen molar-refractivity contribution in [3.8, 4) is 39.1 Å². The Hall–Kier alpha value is -7.62. The Balaban J connectivity index is 1.25. The van der Waals surface area contributed by atoms with Crippen molar-refractivity contribution in [1.29, 1.82) is 0 Å². The molecule has 0 bridgehead atoms. The van der Waals surface area contributed by atoms with Crippen LogP contribution in [0.25, 0.3) is 82.8 Å². The number of anilines is 3. The van der Waals surface area contributed by atoms with Crippen molar-refractivity contribution >= 4 is 60.8 Å². The van der Waals surface area contributed by atoms with Gasteiger partial charge in [-0.05, 0) is 65.2 Å². The Morgan fingerprint density at radius 1 is 0.351 bits per heavy atom. The zero-order chi connectivity index (χ0) is 37.7. The SMILES string of the molecule is c1ccc(-c2ccccc2N(c2ccc3oc4ccccc4c3c2)c2cccc3c2c2ccccc2n3-c2c(-c3ccccc3)cccc2-c2ccccc2)cc1. The Labute approximate surface area is 330 Å². The number of hydrogen-bond acceptors (Lipinski definition) is 2. The molecule has 57 heavy (non-hydrogen) atoms. The molecule has 0 aliphatic rings. The van der Waals surface area contributed by atoms with Gasteiger partial charge in [0.05, 0.1) is 28.1 Å². The molecule has 0 saturated carbocycles. The summed E-state index contributed by atoms with van der Waals surface area (Å²) in [5, 5.41) is 4.55. The second kappa shape index (κ2) is 13.6. The van der Waals surface area contributed by atoms with Crippen LogP contribution in [0.15, 0.2) is 223 Å². The quantitative estimate of drug-likeness (QED) is 0.163. The number of hydrogen-bond donors (Lipinski definition) is 0. The maximum atomic E-state index is 6.35. The minimum Gasteiger partial charge on any atom is -0.456 e. The average molecular weight is 729 g/mol. The molecule has 0 aliphatic carbocycles. The van der Waals surface area contributed by atoms with Gasteiger partial charge in [0.15, 0.2) is 0 Å². The van der Waals surface area contributed by atoms with Crippen molar-refractivity contribution in [3.63, 3.8) is 0 Å². The van der Waals surface area contributed by atoms with Gasteiger partial charge in [-0.1, -0.05) is 170 Å². The van der Waals surface area contributed by atoms with Crippen LogP contribution in [-0.4, -0.2) is 4.57 Å². The number of benzene rings is 9. The second-order valence-corrected chi connectivity index (χ2v) is 14.5. The molecule has 0 fully saturated rings. The Bertz CT molecular complexity index is 3180. The number of furan rings is 1. The molecule has 268 valence electrons. The third-order valence-corrected chi connectivity index (χ3v) is 11.2. The summed E-state index contributed by atoms with van der Waals surface area (Å²) < 4.78 is 8.84. The minimum atomic E-state index is 0.872. The Morgan fingerprint density at radius 2 is 0.860 bits per heavy atom. The molecule has 0 N–H and O–H groups in total. The highest BCUT2D eigenvalue weighted by molar-refractivity contribution is 6.18. The fraction of sp³-hybridized carbons (Fsp3) is 0. The molecule has 3 heteroatoms. The van der Waals surface area contributed by atoms with Gasteiger partial charge in [-0.25, -0.2) is 0 Å². The number of aromatic nitrogens is 1. The first kappa shape index (κ1) is 32.8. The number of para-hydroxylation sites is 4. The Morgan fingerprint density at radius 3 is 1.58 bits per heavy atom. The lowest BCUT2D eigenvalue weighted by Crippen LogP contribution is -2.11. The van der Waals surface area contributed by atoms with Gasteiger partial charge >= 0.3 is 0 Å². The lowest BCUT2D eigenvalue weighted by atomic mass is 9.95. The van der Waals surface area contributed by atoms with Crippen LogP contribution in [0.2, 0.25) is 0 Å². The van der Waals surface area contributed by atoms with Crippen molar-refractivity contribution in [2.75, 3.05) is 4.90 Å². The Kier molecular flexibility index (Phi) is 7.82. The monoisotopic (exact) mass is 728 g/mol. The van der Waals surface area contributed by atoms with Crippen molar-refractivity contribution in [1.82, 2.24) is 4.57 Å². The van der Waals surface area contributed by atoms with E-state index in [1.807, 2.05) is 12.1 Å². The van der Waals surface area contributed by atoms with E-state index in [1.165, 1.54) is 33.0 Å². The molecule has 0 atom stereocenters. The van der Waals surface area contributed by atoms with Gasteiger partial charge < -0.3 is 13.9 Å². The van der Waals surface area contributed by atoms with Crippen LogP contribution >= 0.6 is 0 Å². The first-order chi connectivity index (χ1) is 28.3. The first-order valence-corrected chi connectivity index (χ1v) is 19.4. The zero-order valence-corrected chi connectivity index (χ0v) is 31.1. The van der Waals surface area contributed by atoms with Crippen molar-refractivity contribution < 1.29 is 4.42 Å². The molecule has 9 aromatic carbocycles. The van der Waals surface area contributed by atoms with E-state index >= 15 is 0 Å². The van der Waals surface area contributed by atoms with Gasteiger partial charge in [-0.15, -0.1) is 0 Å². The van der Waals surface area contributed by atoms with E-state index in [1.54, 1.807) is 0 Å². The standard InChI is InChI=1S/C54H36N2O/c1-4-18-37(19-5-1)41-24-10-13-29-47(41)55(40-34-35-52-46(36-40)44-25-12-15-33-51(44)57-52)49-31-17-32-50-53(49)45-26-11-14-30-48(45)56(50)54-42(38-20-6-2-7-21-38)27-16-28-43(54)39-22-8-3-9-23-39/h1-36H. The predicted octanol–water partition coefficient (Wildman–Crippen LogP) is 15.2. The molecule has 2 heterocycles. The maximum absolute atomic E-state index is 6.35. The lowest BCUT2D eigenvalue weighted by molar-refractivity contribution is 0.669. The number of nitrogens with zero attached hydrogens (tertiary/aromatic N) is 2. The third-order valence-electron chi connectivity index (χ3n) is 11.2. The van der Waals surface area contributed by atoms with Gasteiger partial charge in [-0.3, -0.25) is 0 Å². The van der Waals surface area contributed by atoms with E-state index in [9.17, 15) is 0 Å². The summed E-state index contributed by atoms with van der Waals surface area (Å²) in [4.78, 5) is 2.45. The van der Waals surface area contributed by atoms with E-state index in [2.05, 4.69) is 216 Å². The summed E-state index contributed by atoms with van der Waals surface area (Å²) in [6.07, 6.45) is 0. The summed E-state index contributed by atoms with van der Waals surface area (Å²) >= 11 is 0. The zero-order valence-electron chi connectivity index (χ0n) is 31.1. The molecule has 0 spiro atoms. The summed E-state index contributed by atoms with van der Waals surface area (Å²) in [5.41, 5.74) is 15.4. The maximum Gasteiger partial charge on any atom is 0.135 e. The normalized spacial score (nSPS) is 11.5. The molecule has 2 aromatic heterocycles. The molecule has 0 aliphatic heterocycles. The van der Waals surface area contributed by atoms with Gasteiger partial charge in [0.2, 0.25) is 0 Å². The van der Waals surface area contributed by atoms with E-state index < -0.39 is 0 Å². The van der Waals surface area contributed by atoms with Crippen LogP contribution in [0, 0.1) is 0 Å².